The van der Waals surface area contributed by atoms with E-state index in [0.717, 1.165) is 65.9 Å². The molecule has 1 aliphatic heterocycles. The van der Waals surface area contributed by atoms with Gasteiger partial charge in [-0.2, -0.15) is 0 Å². The average molecular weight is 527 g/mol. The monoisotopic (exact) mass is 526 g/mol. The SMILES string of the molecule is CC.CC.CCCCC1Nc2c(N)nc3cc(NCc4ccc(CN)cc4)ccc3c2N1Cc1ccccc1. The number of hydrogen-bond acceptors (Lipinski definition) is 6. The van der Waals surface area contributed by atoms with Gasteiger partial charge in [-0.15, -0.1) is 0 Å². The van der Waals surface area contributed by atoms with Gasteiger partial charge in [-0.05, 0) is 47.7 Å². The molecule has 0 saturated carbocycles. The molecule has 1 unspecified atom stereocenters. The molecule has 1 aromatic heterocycles. The van der Waals surface area contributed by atoms with Crippen LogP contribution in [0.4, 0.5) is 22.9 Å². The van der Waals surface area contributed by atoms with Gasteiger partial charge in [0.05, 0.1) is 17.4 Å². The normalized spacial score (nSPS) is 13.5. The van der Waals surface area contributed by atoms with E-state index in [0.29, 0.717) is 12.4 Å². The molecule has 6 N–H and O–H groups in total. The molecule has 0 aliphatic carbocycles. The van der Waals surface area contributed by atoms with Gasteiger partial charge in [0.15, 0.2) is 0 Å². The van der Waals surface area contributed by atoms with Gasteiger partial charge in [-0.25, -0.2) is 4.98 Å². The number of aromatic nitrogens is 1. The van der Waals surface area contributed by atoms with Gasteiger partial charge in [-0.3, -0.25) is 0 Å². The summed E-state index contributed by atoms with van der Waals surface area (Å²) in [6, 6.07) is 25.4. The van der Waals surface area contributed by atoms with Gasteiger partial charge in [0.1, 0.15) is 11.5 Å². The fraction of sp³-hybridized carbons (Fsp3) is 0.364. The lowest BCUT2D eigenvalue weighted by Crippen LogP contribution is -2.35. The minimum Gasteiger partial charge on any atom is -0.382 e. The van der Waals surface area contributed by atoms with Crippen LogP contribution in [0.15, 0.2) is 72.8 Å². The van der Waals surface area contributed by atoms with Gasteiger partial charge in [0, 0.05) is 30.7 Å². The number of benzene rings is 3. The van der Waals surface area contributed by atoms with Crippen LogP contribution in [0.25, 0.3) is 10.9 Å². The van der Waals surface area contributed by atoms with Crippen molar-refractivity contribution in [2.45, 2.75) is 79.7 Å². The van der Waals surface area contributed by atoms with Crippen LogP contribution in [-0.2, 0) is 19.6 Å². The number of fused-ring (bicyclic) bond motifs is 3. The van der Waals surface area contributed by atoms with Crippen LogP contribution in [-0.4, -0.2) is 11.1 Å². The third kappa shape index (κ3) is 7.21. The molecule has 6 heteroatoms. The minimum atomic E-state index is 0.203. The molecule has 5 rings (SSSR count). The largest absolute Gasteiger partial charge is 0.382 e. The summed E-state index contributed by atoms with van der Waals surface area (Å²) in [6.07, 6.45) is 3.57. The number of nitrogens with one attached hydrogen (secondary N) is 2. The first kappa shape index (κ1) is 29.8. The number of nitrogens with two attached hydrogens (primary N) is 2. The van der Waals surface area contributed by atoms with Gasteiger partial charge in [0.2, 0.25) is 0 Å². The summed E-state index contributed by atoms with van der Waals surface area (Å²) in [7, 11) is 0. The molecule has 4 aromatic rings. The fourth-order valence-corrected chi connectivity index (χ4v) is 4.81. The maximum Gasteiger partial charge on any atom is 0.149 e. The lowest BCUT2D eigenvalue weighted by atomic mass is 10.1. The Balaban J connectivity index is 0.00000100. The quantitative estimate of drug-likeness (QED) is 0.177. The standard InChI is InChI=1S/C29H34N6.2C2H6/c1-2-3-9-26-34-27-28(35(26)19-22-7-5-4-6-8-22)24-15-14-23(16-25(24)33-29(27)31)32-18-21-12-10-20(17-30)11-13-21;2*1-2/h4-8,10-16,26,32,34H,2-3,9,17-19,30H2,1H3,(H2,31,33);2*1-2H3. The van der Waals surface area contributed by atoms with Crippen molar-refractivity contribution < 1.29 is 0 Å². The van der Waals surface area contributed by atoms with Crippen molar-refractivity contribution in [2.75, 3.05) is 21.3 Å². The zero-order valence-corrected chi connectivity index (χ0v) is 24.3. The highest BCUT2D eigenvalue weighted by atomic mass is 15.3. The van der Waals surface area contributed by atoms with E-state index in [1.54, 1.807) is 0 Å². The van der Waals surface area contributed by atoms with Crippen LogP contribution >= 0.6 is 0 Å². The lowest BCUT2D eigenvalue weighted by Gasteiger charge is -2.27. The third-order valence-electron chi connectivity index (χ3n) is 6.74. The zero-order valence-electron chi connectivity index (χ0n) is 24.3. The second-order valence-corrected chi connectivity index (χ2v) is 9.24. The molecule has 39 heavy (non-hydrogen) atoms. The van der Waals surface area contributed by atoms with E-state index in [2.05, 4.69) is 95.3 Å². The van der Waals surface area contributed by atoms with Crippen LogP contribution in [0.3, 0.4) is 0 Å². The molecule has 6 nitrogen and oxygen atoms in total. The molecule has 1 aliphatic rings. The number of hydrogen-bond donors (Lipinski definition) is 4. The Morgan fingerprint density at radius 1 is 0.897 bits per heavy atom. The number of nitrogen functional groups attached to an aromatic ring is 1. The highest BCUT2D eigenvalue weighted by Gasteiger charge is 2.32. The zero-order chi connectivity index (χ0) is 28.2. The average Bonchev–Trinajstić information content (AvgIpc) is 3.36. The number of unbranched alkanes of at least 4 members (excludes halogenated alkanes) is 1. The van der Waals surface area contributed by atoms with Crippen LogP contribution in [0.1, 0.15) is 70.6 Å². The molecule has 0 radical (unpaired) electrons. The maximum absolute atomic E-state index is 6.50. The van der Waals surface area contributed by atoms with Crippen molar-refractivity contribution in [3.8, 4) is 0 Å². The van der Waals surface area contributed by atoms with Crippen LogP contribution in [0.5, 0.6) is 0 Å². The smallest absolute Gasteiger partial charge is 0.149 e. The summed E-state index contributed by atoms with van der Waals surface area (Å²) in [5, 5.41) is 8.33. The van der Waals surface area contributed by atoms with Gasteiger partial charge in [0.25, 0.3) is 0 Å². The molecule has 0 fully saturated rings. The van der Waals surface area contributed by atoms with E-state index in [1.165, 1.54) is 11.1 Å². The van der Waals surface area contributed by atoms with Crippen molar-refractivity contribution >= 4 is 33.8 Å². The summed E-state index contributed by atoms with van der Waals surface area (Å²) >= 11 is 0. The number of rotatable bonds is 9. The predicted octanol–water partition coefficient (Wildman–Crippen LogP) is 7.89. The Hall–Kier alpha value is -3.77. The molecule has 0 saturated heterocycles. The lowest BCUT2D eigenvalue weighted by molar-refractivity contribution is 0.585. The summed E-state index contributed by atoms with van der Waals surface area (Å²) in [6.45, 7) is 12.4. The number of anilines is 4. The Kier molecular flexibility index (Phi) is 11.4. The molecule has 3 aromatic carbocycles. The molecule has 0 spiro atoms. The van der Waals surface area contributed by atoms with Crippen molar-refractivity contribution in [1.82, 2.24) is 4.98 Å². The summed E-state index contributed by atoms with van der Waals surface area (Å²) in [5.74, 6) is 0.555. The Morgan fingerprint density at radius 3 is 2.26 bits per heavy atom. The van der Waals surface area contributed by atoms with Gasteiger partial charge >= 0.3 is 0 Å². The highest BCUT2D eigenvalue weighted by Crippen LogP contribution is 2.45. The van der Waals surface area contributed by atoms with Crippen molar-refractivity contribution in [1.29, 1.82) is 0 Å². The number of nitrogens with zero attached hydrogens (tertiary/aromatic N) is 2. The van der Waals surface area contributed by atoms with E-state index in [-0.39, 0.29) is 6.17 Å². The van der Waals surface area contributed by atoms with Gasteiger partial charge in [-0.1, -0.05) is 95.6 Å². The van der Waals surface area contributed by atoms with Crippen LogP contribution in [0, 0.1) is 0 Å². The molecule has 0 bridgehead atoms. The van der Waals surface area contributed by atoms with Crippen molar-refractivity contribution in [3.05, 3.63) is 89.5 Å². The Bertz CT molecular complexity index is 1290. The summed E-state index contributed by atoms with van der Waals surface area (Å²) in [5.41, 5.74) is 19.9. The van der Waals surface area contributed by atoms with Crippen molar-refractivity contribution in [3.63, 3.8) is 0 Å². The fourth-order valence-electron chi connectivity index (χ4n) is 4.81. The second-order valence-electron chi connectivity index (χ2n) is 9.24. The second kappa shape index (κ2) is 15.0. The first-order valence-corrected chi connectivity index (χ1v) is 14.5. The van der Waals surface area contributed by atoms with Gasteiger partial charge < -0.3 is 27.0 Å². The Morgan fingerprint density at radius 2 is 1.59 bits per heavy atom. The molecule has 0 amide bonds. The van der Waals surface area contributed by atoms with Crippen LogP contribution in [0.2, 0.25) is 0 Å². The molecular formula is C33H46N6. The van der Waals surface area contributed by atoms with E-state index < -0.39 is 0 Å². The highest BCUT2D eigenvalue weighted by molar-refractivity contribution is 6.05. The van der Waals surface area contributed by atoms with E-state index in [9.17, 15) is 0 Å². The van der Waals surface area contributed by atoms with E-state index >= 15 is 0 Å². The molecule has 2 heterocycles. The molecule has 208 valence electrons. The van der Waals surface area contributed by atoms with Crippen LogP contribution < -0.4 is 27.0 Å². The predicted molar refractivity (Wildman–Crippen MR) is 170 cm³/mol. The topological polar surface area (TPSA) is 92.2 Å². The minimum absolute atomic E-state index is 0.203. The van der Waals surface area contributed by atoms with E-state index in [4.69, 9.17) is 16.5 Å². The maximum atomic E-state index is 6.50. The number of pyridine rings is 1. The molecular weight excluding hydrogens is 480 g/mol. The molecule has 1 atom stereocenters. The first-order valence-electron chi connectivity index (χ1n) is 14.5. The van der Waals surface area contributed by atoms with Crippen molar-refractivity contribution in [2.24, 2.45) is 5.73 Å². The Labute approximate surface area is 234 Å². The first-order chi connectivity index (χ1) is 19.2. The summed E-state index contributed by atoms with van der Waals surface area (Å²) < 4.78 is 0. The van der Waals surface area contributed by atoms with E-state index in [1.807, 2.05) is 27.7 Å². The summed E-state index contributed by atoms with van der Waals surface area (Å²) in [4.78, 5) is 7.24. The third-order valence-corrected chi connectivity index (χ3v) is 6.74.